The molecule has 0 aliphatic heterocycles. The molecule has 3 rings (SSSR count). The Morgan fingerprint density at radius 1 is 1.20 bits per heavy atom. The summed E-state index contributed by atoms with van der Waals surface area (Å²) in [6, 6.07) is 6.44. The molecule has 1 heterocycles. The first-order valence-corrected chi connectivity index (χ1v) is 11.2. The van der Waals surface area contributed by atoms with E-state index in [0.29, 0.717) is 12.6 Å². The first-order valence-electron chi connectivity index (χ1n) is 11.2. The zero-order chi connectivity index (χ0) is 21.5. The lowest BCUT2D eigenvalue weighted by molar-refractivity contribution is 0.208. The third-order valence-electron chi connectivity index (χ3n) is 5.90. The van der Waals surface area contributed by atoms with E-state index in [1.165, 1.54) is 29.7 Å². The molecule has 0 unspecified atom stereocenters. The summed E-state index contributed by atoms with van der Waals surface area (Å²) >= 11 is 0. The molecule has 1 aromatic carbocycles. The van der Waals surface area contributed by atoms with Crippen molar-refractivity contribution in [1.82, 2.24) is 20.4 Å². The van der Waals surface area contributed by atoms with Crippen molar-refractivity contribution in [2.24, 2.45) is 12.0 Å². The third-order valence-corrected chi connectivity index (χ3v) is 5.90. The Morgan fingerprint density at radius 2 is 1.97 bits per heavy atom. The van der Waals surface area contributed by atoms with E-state index in [9.17, 15) is 0 Å². The van der Waals surface area contributed by atoms with Crippen LogP contribution in [0.2, 0.25) is 0 Å². The SMILES string of the molecule is CCNC(=NCc1ccc(C)cc1OC1CCCC1)NCCc1c(C)nn(C)c1C. The zero-order valence-electron chi connectivity index (χ0n) is 19.2. The van der Waals surface area contributed by atoms with Crippen LogP contribution < -0.4 is 15.4 Å². The largest absolute Gasteiger partial charge is 0.490 e. The Hall–Kier alpha value is -2.50. The van der Waals surface area contributed by atoms with Gasteiger partial charge in [0.1, 0.15) is 5.75 Å². The Bertz CT molecular complexity index is 865. The fraction of sp³-hybridized carbons (Fsp3) is 0.583. The van der Waals surface area contributed by atoms with Gasteiger partial charge in [-0.1, -0.05) is 12.1 Å². The number of aromatic nitrogens is 2. The summed E-state index contributed by atoms with van der Waals surface area (Å²) in [5, 5.41) is 11.3. The van der Waals surface area contributed by atoms with Crippen LogP contribution in [0.5, 0.6) is 5.75 Å². The molecule has 0 amide bonds. The molecule has 0 atom stereocenters. The van der Waals surface area contributed by atoms with Gasteiger partial charge >= 0.3 is 0 Å². The summed E-state index contributed by atoms with van der Waals surface area (Å²) in [5.41, 5.74) is 6.01. The van der Waals surface area contributed by atoms with Crippen molar-refractivity contribution < 1.29 is 4.74 Å². The van der Waals surface area contributed by atoms with E-state index in [1.54, 1.807) is 0 Å². The molecule has 1 aliphatic rings. The van der Waals surface area contributed by atoms with Gasteiger partial charge in [-0.3, -0.25) is 4.68 Å². The lowest BCUT2D eigenvalue weighted by Gasteiger charge is -2.17. The van der Waals surface area contributed by atoms with Gasteiger partial charge in [0.15, 0.2) is 5.96 Å². The van der Waals surface area contributed by atoms with Crippen LogP contribution in [0, 0.1) is 20.8 Å². The average Bonchev–Trinajstić information content (AvgIpc) is 3.30. The summed E-state index contributed by atoms with van der Waals surface area (Å²) in [6.07, 6.45) is 6.15. The molecule has 1 saturated carbocycles. The summed E-state index contributed by atoms with van der Waals surface area (Å²) in [5.74, 6) is 1.83. The molecule has 1 aromatic heterocycles. The highest BCUT2D eigenvalue weighted by Crippen LogP contribution is 2.28. The number of aliphatic imine (C=N–C) groups is 1. The van der Waals surface area contributed by atoms with Crippen molar-refractivity contribution in [3.05, 3.63) is 46.3 Å². The Kier molecular flexibility index (Phi) is 7.77. The van der Waals surface area contributed by atoms with Gasteiger partial charge in [-0.15, -0.1) is 0 Å². The quantitative estimate of drug-likeness (QED) is 0.510. The van der Waals surface area contributed by atoms with Gasteiger partial charge in [0, 0.05) is 31.4 Å². The third kappa shape index (κ3) is 5.77. The second-order valence-corrected chi connectivity index (χ2v) is 8.28. The molecule has 2 aromatic rings. The van der Waals surface area contributed by atoms with Gasteiger partial charge in [-0.25, -0.2) is 4.99 Å². The first kappa shape index (κ1) is 22.2. The standard InChI is InChI=1S/C24H37N5O/c1-6-25-24(26-14-13-22-18(3)28-29(5)19(22)4)27-16-20-12-11-17(2)15-23(20)30-21-9-7-8-10-21/h11-12,15,21H,6-10,13-14,16H2,1-5H3,(H2,25,26,27). The van der Waals surface area contributed by atoms with E-state index >= 15 is 0 Å². The minimum atomic E-state index is 0.354. The normalized spacial score (nSPS) is 14.9. The van der Waals surface area contributed by atoms with Crippen LogP contribution in [0.25, 0.3) is 0 Å². The number of rotatable bonds is 8. The number of hydrogen-bond donors (Lipinski definition) is 2. The van der Waals surface area contributed by atoms with Crippen molar-refractivity contribution in [2.45, 2.75) is 72.4 Å². The van der Waals surface area contributed by atoms with Crippen LogP contribution in [0.3, 0.4) is 0 Å². The topological polar surface area (TPSA) is 63.5 Å². The molecule has 6 nitrogen and oxygen atoms in total. The summed E-state index contributed by atoms with van der Waals surface area (Å²) in [7, 11) is 2.00. The van der Waals surface area contributed by atoms with Crippen molar-refractivity contribution in [2.75, 3.05) is 13.1 Å². The van der Waals surface area contributed by atoms with Crippen molar-refractivity contribution >= 4 is 5.96 Å². The average molecular weight is 412 g/mol. The lowest BCUT2D eigenvalue weighted by atomic mass is 10.1. The molecule has 0 bridgehead atoms. The van der Waals surface area contributed by atoms with Crippen molar-refractivity contribution in [3.63, 3.8) is 0 Å². The second kappa shape index (κ2) is 10.5. The van der Waals surface area contributed by atoms with Gasteiger partial charge in [0.2, 0.25) is 0 Å². The first-order chi connectivity index (χ1) is 14.5. The van der Waals surface area contributed by atoms with E-state index in [4.69, 9.17) is 9.73 Å². The fourth-order valence-corrected chi connectivity index (χ4v) is 4.08. The highest BCUT2D eigenvalue weighted by molar-refractivity contribution is 5.79. The Balaban J connectivity index is 1.64. The van der Waals surface area contributed by atoms with E-state index < -0.39 is 0 Å². The van der Waals surface area contributed by atoms with Crippen molar-refractivity contribution in [1.29, 1.82) is 0 Å². The van der Waals surface area contributed by atoms with Crippen LogP contribution in [-0.4, -0.2) is 34.9 Å². The maximum atomic E-state index is 6.33. The predicted molar refractivity (Wildman–Crippen MR) is 123 cm³/mol. The number of hydrogen-bond acceptors (Lipinski definition) is 3. The van der Waals surface area contributed by atoms with Crippen LogP contribution in [0.15, 0.2) is 23.2 Å². The number of ether oxygens (including phenoxy) is 1. The monoisotopic (exact) mass is 411 g/mol. The highest BCUT2D eigenvalue weighted by Gasteiger charge is 2.18. The Morgan fingerprint density at radius 3 is 2.63 bits per heavy atom. The number of nitrogens with zero attached hydrogens (tertiary/aromatic N) is 3. The second-order valence-electron chi connectivity index (χ2n) is 8.28. The summed E-state index contributed by atoms with van der Waals surface area (Å²) < 4.78 is 8.28. The molecule has 1 aliphatic carbocycles. The van der Waals surface area contributed by atoms with E-state index in [-0.39, 0.29) is 0 Å². The molecule has 0 radical (unpaired) electrons. The van der Waals surface area contributed by atoms with Gasteiger partial charge in [-0.05, 0) is 77.0 Å². The number of benzene rings is 1. The predicted octanol–water partition coefficient (Wildman–Crippen LogP) is 3.96. The van der Waals surface area contributed by atoms with E-state index in [2.05, 4.69) is 61.6 Å². The van der Waals surface area contributed by atoms with Gasteiger partial charge in [0.25, 0.3) is 0 Å². The fourth-order valence-electron chi connectivity index (χ4n) is 4.08. The van der Waals surface area contributed by atoms with Crippen molar-refractivity contribution in [3.8, 4) is 5.75 Å². The molecule has 0 spiro atoms. The molecular weight excluding hydrogens is 374 g/mol. The molecule has 2 N–H and O–H groups in total. The van der Waals surface area contributed by atoms with Gasteiger partial charge < -0.3 is 15.4 Å². The molecule has 30 heavy (non-hydrogen) atoms. The number of aryl methyl sites for hydroxylation is 3. The molecule has 0 saturated heterocycles. The number of guanidine groups is 1. The number of nitrogens with one attached hydrogen (secondary N) is 2. The molecule has 6 heteroatoms. The van der Waals surface area contributed by atoms with Crippen LogP contribution >= 0.6 is 0 Å². The highest BCUT2D eigenvalue weighted by atomic mass is 16.5. The lowest BCUT2D eigenvalue weighted by Crippen LogP contribution is -2.38. The van der Waals surface area contributed by atoms with E-state index in [0.717, 1.165) is 55.3 Å². The summed E-state index contributed by atoms with van der Waals surface area (Å²) in [4.78, 5) is 4.82. The van der Waals surface area contributed by atoms with E-state index in [1.807, 2.05) is 11.7 Å². The minimum absolute atomic E-state index is 0.354. The van der Waals surface area contributed by atoms with Crippen LogP contribution in [-0.2, 0) is 20.0 Å². The van der Waals surface area contributed by atoms with Crippen LogP contribution in [0.1, 0.15) is 60.7 Å². The minimum Gasteiger partial charge on any atom is -0.490 e. The van der Waals surface area contributed by atoms with Gasteiger partial charge in [-0.2, -0.15) is 5.10 Å². The zero-order valence-corrected chi connectivity index (χ0v) is 19.2. The maximum absolute atomic E-state index is 6.33. The van der Waals surface area contributed by atoms with Crippen LogP contribution in [0.4, 0.5) is 0 Å². The smallest absolute Gasteiger partial charge is 0.191 e. The Labute approximate surface area is 181 Å². The molecule has 164 valence electrons. The maximum Gasteiger partial charge on any atom is 0.191 e. The molecule has 1 fully saturated rings. The summed E-state index contributed by atoms with van der Waals surface area (Å²) in [6.45, 7) is 10.6. The van der Waals surface area contributed by atoms with Gasteiger partial charge in [0.05, 0.1) is 18.3 Å². The molecular formula is C24H37N5O.